The van der Waals surface area contributed by atoms with E-state index in [2.05, 4.69) is 4.90 Å². The normalized spacial score (nSPS) is 23.2. The van der Waals surface area contributed by atoms with Gasteiger partial charge in [0.15, 0.2) is 0 Å². The molecule has 1 atom stereocenters. The Labute approximate surface area is 127 Å². The van der Waals surface area contributed by atoms with E-state index in [1.54, 1.807) is 7.11 Å². The zero-order chi connectivity index (χ0) is 15.1. The molecular weight excluding hydrogens is 270 g/mol. The second-order valence-electron chi connectivity index (χ2n) is 6.07. The van der Waals surface area contributed by atoms with Crippen molar-refractivity contribution in [2.45, 2.75) is 25.3 Å². The lowest BCUT2D eigenvalue weighted by Crippen LogP contribution is -2.49. The van der Waals surface area contributed by atoms with Gasteiger partial charge in [-0.25, -0.2) is 0 Å². The topological polar surface area (TPSA) is 68.0 Å². The summed E-state index contributed by atoms with van der Waals surface area (Å²) >= 11 is 0. The molecule has 0 saturated carbocycles. The van der Waals surface area contributed by atoms with Crippen molar-refractivity contribution in [3.8, 4) is 0 Å². The van der Waals surface area contributed by atoms with Crippen molar-refractivity contribution in [2.24, 2.45) is 11.7 Å². The lowest BCUT2D eigenvalue weighted by atomic mass is 9.95. The summed E-state index contributed by atoms with van der Waals surface area (Å²) in [6.07, 6.45) is 2.77. The Morgan fingerprint density at radius 2 is 1.95 bits per heavy atom. The van der Waals surface area contributed by atoms with Crippen molar-refractivity contribution in [3.05, 3.63) is 0 Å². The smallest absolute Gasteiger partial charge is 0.239 e. The summed E-state index contributed by atoms with van der Waals surface area (Å²) < 4.78 is 10.4. The molecule has 1 amide bonds. The number of hydrogen-bond acceptors (Lipinski definition) is 5. The van der Waals surface area contributed by atoms with E-state index in [-0.39, 0.29) is 5.91 Å². The Morgan fingerprint density at radius 3 is 2.57 bits per heavy atom. The molecule has 6 heteroatoms. The third kappa shape index (κ3) is 5.21. The van der Waals surface area contributed by atoms with Gasteiger partial charge in [0.1, 0.15) is 0 Å². The summed E-state index contributed by atoms with van der Waals surface area (Å²) in [5, 5.41) is 0. The first-order valence-electron chi connectivity index (χ1n) is 8.04. The van der Waals surface area contributed by atoms with Gasteiger partial charge in [0.05, 0.1) is 19.3 Å². The molecule has 2 N–H and O–H groups in total. The number of morpholine rings is 1. The number of nitrogens with zero attached hydrogens (tertiary/aromatic N) is 2. The van der Waals surface area contributed by atoms with Crippen molar-refractivity contribution in [1.29, 1.82) is 0 Å². The number of likely N-dealkylation sites (tertiary alicyclic amines) is 1. The Kier molecular flexibility index (Phi) is 6.89. The van der Waals surface area contributed by atoms with Gasteiger partial charge in [-0.15, -0.1) is 0 Å². The maximum Gasteiger partial charge on any atom is 0.239 e. The first kappa shape index (κ1) is 16.7. The Morgan fingerprint density at radius 1 is 1.29 bits per heavy atom. The molecule has 1 unspecified atom stereocenters. The molecule has 0 aliphatic carbocycles. The number of carbonyl (C=O) groups is 1. The summed E-state index contributed by atoms with van der Waals surface area (Å²) in [5.74, 6) is 0.777. The van der Waals surface area contributed by atoms with Crippen LogP contribution in [0.15, 0.2) is 0 Å². The summed E-state index contributed by atoms with van der Waals surface area (Å²) in [5.41, 5.74) is 5.92. The second-order valence-corrected chi connectivity index (χ2v) is 6.07. The van der Waals surface area contributed by atoms with Crippen LogP contribution in [-0.2, 0) is 14.3 Å². The molecule has 2 aliphatic heterocycles. The maximum atomic E-state index is 12.2. The molecule has 0 aromatic carbocycles. The number of amides is 1. The van der Waals surface area contributed by atoms with E-state index < -0.39 is 6.04 Å². The predicted molar refractivity (Wildman–Crippen MR) is 81.0 cm³/mol. The lowest BCUT2D eigenvalue weighted by molar-refractivity contribution is -0.134. The van der Waals surface area contributed by atoms with Gasteiger partial charge in [-0.05, 0) is 25.2 Å². The molecule has 2 fully saturated rings. The van der Waals surface area contributed by atoms with Crippen LogP contribution < -0.4 is 5.73 Å². The number of rotatable bonds is 6. The van der Waals surface area contributed by atoms with Gasteiger partial charge in [0, 0.05) is 46.4 Å². The van der Waals surface area contributed by atoms with E-state index in [1.165, 1.54) is 0 Å². The van der Waals surface area contributed by atoms with E-state index in [4.69, 9.17) is 15.2 Å². The molecule has 2 heterocycles. The quantitative estimate of drug-likeness (QED) is 0.743. The molecule has 2 rings (SSSR count). The average molecular weight is 299 g/mol. The van der Waals surface area contributed by atoms with Crippen LogP contribution in [0, 0.1) is 5.92 Å². The van der Waals surface area contributed by atoms with Crippen molar-refractivity contribution in [1.82, 2.24) is 9.80 Å². The van der Waals surface area contributed by atoms with Crippen LogP contribution >= 0.6 is 0 Å². The fourth-order valence-corrected chi connectivity index (χ4v) is 3.09. The molecule has 2 saturated heterocycles. The number of ether oxygens (including phenoxy) is 2. The van der Waals surface area contributed by atoms with E-state index in [0.29, 0.717) is 18.9 Å². The standard InChI is InChI=1S/C15H29N3O3/c1-20-9-4-14(16)15(19)18-5-2-13(3-6-18)12-17-7-10-21-11-8-17/h13-14H,2-12,16H2,1H3. The molecule has 0 bridgehead atoms. The highest BCUT2D eigenvalue weighted by atomic mass is 16.5. The van der Waals surface area contributed by atoms with Crippen LogP contribution in [0.5, 0.6) is 0 Å². The number of carbonyl (C=O) groups excluding carboxylic acids is 1. The van der Waals surface area contributed by atoms with Crippen LogP contribution in [0.25, 0.3) is 0 Å². The largest absolute Gasteiger partial charge is 0.385 e. The van der Waals surface area contributed by atoms with E-state index in [0.717, 1.165) is 58.8 Å². The Bertz CT molecular complexity index is 313. The summed E-state index contributed by atoms with van der Waals surface area (Å²) in [6.45, 7) is 7.16. The molecule has 122 valence electrons. The van der Waals surface area contributed by atoms with E-state index in [9.17, 15) is 4.79 Å². The van der Waals surface area contributed by atoms with Gasteiger partial charge in [0.2, 0.25) is 5.91 Å². The first-order valence-corrected chi connectivity index (χ1v) is 8.04. The zero-order valence-corrected chi connectivity index (χ0v) is 13.1. The zero-order valence-electron chi connectivity index (χ0n) is 13.1. The van der Waals surface area contributed by atoms with E-state index >= 15 is 0 Å². The lowest BCUT2D eigenvalue weighted by Gasteiger charge is -2.36. The average Bonchev–Trinajstić information content (AvgIpc) is 2.53. The fourth-order valence-electron chi connectivity index (χ4n) is 3.09. The Balaban J connectivity index is 1.68. The first-order chi connectivity index (χ1) is 10.2. The number of piperidine rings is 1. The highest BCUT2D eigenvalue weighted by Gasteiger charge is 2.27. The highest BCUT2D eigenvalue weighted by Crippen LogP contribution is 2.19. The molecule has 0 radical (unpaired) electrons. The van der Waals surface area contributed by atoms with Crippen LogP contribution in [0.2, 0.25) is 0 Å². The van der Waals surface area contributed by atoms with Crippen molar-refractivity contribution >= 4 is 5.91 Å². The number of nitrogens with two attached hydrogens (primary N) is 1. The molecule has 21 heavy (non-hydrogen) atoms. The fraction of sp³-hybridized carbons (Fsp3) is 0.933. The van der Waals surface area contributed by atoms with Crippen molar-refractivity contribution < 1.29 is 14.3 Å². The number of hydrogen-bond donors (Lipinski definition) is 1. The molecule has 6 nitrogen and oxygen atoms in total. The van der Waals surface area contributed by atoms with Crippen molar-refractivity contribution in [3.63, 3.8) is 0 Å². The highest BCUT2D eigenvalue weighted by molar-refractivity contribution is 5.81. The Hall–Kier alpha value is -0.690. The summed E-state index contributed by atoms with van der Waals surface area (Å²) in [4.78, 5) is 16.6. The van der Waals surface area contributed by atoms with Crippen LogP contribution in [0.1, 0.15) is 19.3 Å². The van der Waals surface area contributed by atoms with Crippen molar-refractivity contribution in [2.75, 3.05) is 59.7 Å². The number of methoxy groups -OCH3 is 1. The monoisotopic (exact) mass is 299 g/mol. The van der Waals surface area contributed by atoms with Crippen LogP contribution in [0.3, 0.4) is 0 Å². The minimum atomic E-state index is -0.416. The van der Waals surface area contributed by atoms with Gasteiger partial charge >= 0.3 is 0 Å². The van der Waals surface area contributed by atoms with Gasteiger partial charge in [-0.1, -0.05) is 0 Å². The minimum absolute atomic E-state index is 0.0804. The minimum Gasteiger partial charge on any atom is -0.385 e. The third-order valence-electron chi connectivity index (χ3n) is 4.50. The van der Waals surface area contributed by atoms with Gasteiger partial charge in [-0.2, -0.15) is 0 Å². The molecule has 0 aromatic heterocycles. The SMILES string of the molecule is COCCC(N)C(=O)N1CCC(CN2CCOCC2)CC1. The maximum absolute atomic E-state index is 12.2. The molecular formula is C15H29N3O3. The second kappa shape index (κ2) is 8.68. The third-order valence-corrected chi connectivity index (χ3v) is 4.50. The predicted octanol–water partition coefficient (Wildman–Crippen LogP) is -0.0790. The molecule has 0 spiro atoms. The van der Waals surface area contributed by atoms with Crippen LogP contribution in [0.4, 0.5) is 0 Å². The van der Waals surface area contributed by atoms with Gasteiger partial charge < -0.3 is 20.1 Å². The molecule has 2 aliphatic rings. The molecule has 0 aromatic rings. The summed E-state index contributed by atoms with van der Waals surface area (Å²) in [7, 11) is 1.63. The summed E-state index contributed by atoms with van der Waals surface area (Å²) in [6, 6.07) is -0.416. The van der Waals surface area contributed by atoms with Gasteiger partial charge in [0.25, 0.3) is 0 Å². The van der Waals surface area contributed by atoms with E-state index in [1.807, 2.05) is 4.90 Å². The van der Waals surface area contributed by atoms with Crippen LogP contribution in [-0.4, -0.2) is 81.4 Å². The van der Waals surface area contributed by atoms with Gasteiger partial charge in [-0.3, -0.25) is 9.69 Å².